The van der Waals surface area contributed by atoms with Crippen LogP contribution in [-0.4, -0.2) is 69.2 Å². The summed E-state index contributed by atoms with van der Waals surface area (Å²) in [6.07, 6.45) is 9.33. The van der Waals surface area contributed by atoms with Gasteiger partial charge in [0.25, 0.3) is 5.91 Å². The molecule has 0 spiro atoms. The maximum atomic E-state index is 12.8. The highest BCUT2D eigenvalue weighted by molar-refractivity contribution is 7.92. The molecule has 0 fully saturated rings. The predicted octanol–water partition coefficient (Wildman–Crippen LogP) is 4.36. The highest BCUT2D eigenvalue weighted by Gasteiger charge is 2.22. The largest absolute Gasteiger partial charge is 0.348 e. The molecule has 0 bridgehead atoms. The monoisotopic (exact) mass is 548 g/mol. The zero-order valence-corrected chi connectivity index (χ0v) is 23.9. The third-order valence-corrected chi connectivity index (χ3v) is 7.10. The van der Waals surface area contributed by atoms with Crippen LogP contribution in [0.5, 0.6) is 0 Å². The molecule has 0 saturated carbocycles. The minimum absolute atomic E-state index is 0.248. The summed E-state index contributed by atoms with van der Waals surface area (Å²) >= 11 is 0. The van der Waals surface area contributed by atoms with Crippen molar-refractivity contribution in [1.82, 2.24) is 25.2 Å². The van der Waals surface area contributed by atoms with E-state index in [1.165, 1.54) is 22.9 Å². The van der Waals surface area contributed by atoms with Gasteiger partial charge in [-0.1, -0.05) is 12.1 Å². The molecule has 3 N–H and O–H groups in total. The summed E-state index contributed by atoms with van der Waals surface area (Å²) in [6.45, 7) is 6.09. The lowest BCUT2D eigenvalue weighted by atomic mass is 9.85. The lowest BCUT2D eigenvalue weighted by Gasteiger charge is -2.31. The first kappa shape index (κ1) is 28.2. The van der Waals surface area contributed by atoms with Gasteiger partial charge in [0.05, 0.1) is 0 Å². The van der Waals surface area contributed by atoms with Gasteiger partial charge in [-0.3, -0.25) is 4.79 Å². The number of amides is 1. The molecule has 1 unspecified atom stereocenters. The molecule has 0 aliphatic heterocycles. The van der Waals surface area contributed by atoms with Crippen molar-refractivity contribution in [2.45, 2.75) is 32.2 Å². The molecule has 3 aromatic rings. The molecule has 1 atom stereocenters. The Hall–Kier alpha value is -3.83. The molecule has 1 amide bonds. The number of hydrogen-bond donors (Lipinski definition) is 3. The number of rotatable bonds is 9. The second-order valence-electron chi connectivity index (χ2n) is 10.1. The summed E-state index contributed by atoms with van der Waals surface area (Å²) in [5.41, 5.74) is 5.11. The fourth-order valence-electron chi connectivity index (χ4n) is 4.56. The van der Waals surface area contributed by atoms with Crippen LogP contribution in [0.15, 0.2) is 53.5 Å². The van der Waals surface area contributed by atoms with Gasteiger partial charge in [0, 0.05) is 46.7 Å². The number of carbonyl (C=O) groups excluding carboxylic acids is 1. The minimum atomic E-state index is -2.38. The number of pyridine rings is 1. The van der Waals surface area contributed by atoms with Crippen LogP contribution in [-0.2, 0) is 22.6 Å². The van der Waals surface area contributed by atoms with Crippen LogP contribution in [0.3, 0.4) is 0 Å². The Morgan fingerprint density at radius 3 is 2.74 bits per heavy atom. The molecule has 39 heavy (non-hydrogen) atoms. The second kappa shape index (κ2) is 11.9. The average Bonchev–Trinajstić information content (AvgIpc) is 2.86. The predicted molar refractivity (Wildman–Crippen MR) is 158 cm³/mol. The Morgan fingerprint density at radius 1 is 1.23 bits per heavy atom. The Balaban J connectivity index is 1.65. The van der Waals surface area contributed by atoms with Gasteiger partial charge in [-0.2, -0.15) is 9.35 Å². The van der Waals surface area contributed by atoms with Gasteiger partial charge in [-0.05, 0) is 81.2 Å². The molecule has 10 nitrogen and oxygen atoms in total. The zero-order chi connectivity index (χ0) is 28.2. The number of nitrogens with zero attached hydrogens (tertiary/aromatic N) is 5. The van der Waals surface area contributed by atoms with Crippen molar-refractivity contribution >= 4 is 44.7 Å². The van der Waals surface area contributed by atoms with Gasteiger partial charge in [0.2, 0.25) is 5.95 Å². The SMILES string of the molecule is C=CCNC(=O)c1cnc(Nc2cc(C)c3c(c2)CCC(N(C)C)C3)nc1Nc1cccc(N=S(C)(C)=O)n1. The maximum Gasteiger partial charge on any atom is 0.256 e. The number of anilines is 4. The van der Waals surface area contributed by atoms with E-state index in [4.69, 9.17) is 0 Å². The zero-order valence-electron chi connectivity index (χ0n) is 23.1. The summed E-state index contributed by atoms with van der Waals surface area (Å²) in [7, 11) is 1.89. The fourth-order valence-corrected chi connectivity index (χ4v) is 5.11. The number of hydrogen-bond acceptors (Lipinski definition) is 9. The van der Waals surface area contributed by atoms with E-state index in [1.807, 2.05) is 0 Å². The minimum Gasteiger partial charge on any atom is -0.348 e. The van der Waals surface area contributed by atoms with E-state index < -0.39 is 9.73 Å². The number of fused-ring (bicyclic) bond motifs is 1. The van der Waals surface area contributed by atoms with E-state index in [1.54, 1.807) is 36.8 Å². The van der Waals surface area contributed by atoms with E-state index >= 15 is 0 Å². The van der Waals surface area contributed by atoms with Crippen molar-refractivity contribution in [2.24, 2.45) is 4.36 Å². The first-order valence-electron chi connectivity index (χ1n) is 12.8. The molecule has 1 aliphatic rings. The third kappa shape index (κ3) is 7.39. The lowest BCUT2D eigenvalue weighted by Crippen LogP contribution is -2.33. The van der Waals surface area contributed by atoms with Crippen LogP contribution in [0.4, 0.5) is 29.1 Å². The molecule has 1 aliphatic carbocycles. The summed E-state index contributed by atoms with van der Waals surface area (Å²) in [6, 6.07) is 9.95. The molecule has 4 rings (SSSR count). The van der Waals surface area contributed by atoms with Gasteiger partial charge in [-0.15, -0.1) is 6.58 Å². The van der Waals surface area contributed by atoms with Crippen LogP contribution in [0, 0.1) is 6.92 Å². The number of likely N-dealkylation sites (N-methyl/N-ethyl adjacent to an activating group) is 1. The van der Waals surface area contributed by atoms with Gasteiger partial charge in [-0.25, -0.2) is 14.2 Å². The molecule has 11 heteroatoms. The second-order valence-corrected chi connectivity index (χ2v) is 12.7. The van der Waals surface area contributed by atoms with Crippen molar-refractivity contribution in [3.05, 3.63) is 71.4 Å². The van der Waals surface area contributed by atoms with Crippen molar-refractivity contribution in [1.29, 1.82) is 0 Å². The van der Waals surface area contributed by atoms with Crippen molar-refractivity contribution in [3.8, 4) is 0 Å². The maximum absolute atomic E-state index is 12.8. The van der Waals surface area contributed by atoms with Gasteiger partial charge < -0.3 is 20.9 Å². The standard InChI is InChI=1S/C28H36N8O2S/c1-7-13-29-27(37)23-17-30-28(34-26(23)33-24-9-8-10-25(32-24)35-39(5,6)38)31-20-14-18(2)22-16-21(36(3)4)12-11-19(22)15-20/h7-10,14-15,17,21H,1,11-13,16H2,2-6H3,(H,29,37)(H2,30,31,32,33,34). The van der Waals surface area contributed by atoms with Crippen LogP contribution in [0.2, 0.25) is 0 Å². The Morgan fingerprint density at radius 2 is 2.03 bits per heavy atom. The first-order valence-corrected chi connectivity index (χ1v) is 15.1. The molecule has 1 aromatic carbocycles. The van der Waals surface area contributed by atoms with Crippen LogP contribution < -0.4 is 16.0 Å². The van der Waals surface area contributed by atoms with E-state index in [2.05, 4.69) is 79.9 Å². The number of aryl methyl sites for hydroxylation is 2. The average molecular weight is 549 g/mol. The molecule has 2 aromatic heterocycles. The number of nitrogens with one attached hydrogen (secondary N) is 3. The molecule has 0 radical (unpaired) electrons. The summed E-state index contributed by atoms with van der Waals surface area (Å²) in [5, 5.41) is 9.18. The highest BCUT2D eigenvalue weighted by atomic mass is 32.2. The van der Waals surface area contributed by atoms with Crippen molar-refractivity contribution in [2.75, 3.05) is 43.8 Å². The van der Waals surface area contributed by atoms with E-state index in [-0.39, 0.29) is 17.3 Å². The van der Waals surface area contributed by atoms with Gasteiger partial charge >= 0.3 is 0 Å². The summed E-state index contributed by atoms with van der Waals surface area (Å²) in [5.74, 6) is 0.986. The first-order chi connectivity index (χ1) is 18.5. The molecular weight excluding hydrogens is 512 g/mol. The third-order valence-electron chi connectivity index (χ3n) is 6.47. The summed E-state index contributed by atoms with van der Waals surface area (Å²) in [4.78, 5) is 28.6. The Bertz CT molecular complexity index is 1500. The van der Waals surface area contributed by atoms with Gasteiger partial charge in [0.1, 0.15) is 17.2 Å². The van der Waals surface area contributed by atoms with Crippen LogP contribution >= 0.6 is 0 Å². The fraction of sp³-hybridized carbons (Fsp3) is 0.357. The van der Waals surface area contributed by atoms with E-state index in [0.717, 1.165) is 24.9 Å². The van der Waals surface area contributed by atoms with Crippen LogP contribution in [0.25, 0.3) is 0 Å². The van der Waals surface area contributed by atoms with Crippen molar-refractivity contribution < 1.29 is 9.00 Å². The Labute approximate surface area is 230 Å². The molecule has 2 heterocycles. The van der Waals surface area contributed by atoms with E-state index in [9.17, 15) is 9.00 Å². The molecule has 206 valence electrons. The smallest absolute Gasteiger partial charge is 0.256 e. The lowest BCUT2D eigenvalue weighted by molar-refractivity contribution is 0.0958. The summed E-state index contributed by atoms with van der Waals surface area (Å²) < 4.78 is 16.3. The van der Waals surface area contributed by atoms with Crippen LogP contribution in [0.1, 0.15) is 33.5 Å². The topological polar surface area (TPSA) is 125 Å². The highest BCUT2D eigenvalue weighted by Crippen LogP contribution is 2.31. The van der Waals surface area contributed by atoms with E-state index in [0.29, 0.717) is 30.2 Å². The Kier molecular flexibility index (Phi) is 8.61. The quantitative estimate of drug-likeness (QED) is 0.337. The number of aromatic nitrogens is 3. The molecular formula is C28H36N8O2S. The number of benzene rings is 1. The molecule has 0 saturated heterocycles. The number of carbonyl (C=O) groups is 1. The van der Waals surface area contributed by atoms with Gasteiger partial charge in [0.15, 0.2) is 5.82 Å². The van der Waals surface area contributed by atoms with Crippen molar-refractivity contribution in [3.63, 3.8) is 0 Å². The normalized spacial score (nSPS) is 14.9.